The first-order valence-corrected chi connectivity index (χ1v) is 6.59. The van der Waals surface area contributed by atoms with Crippen molar-refractivity contribution in [3.8, 4) is 0 Å². The standard InChI is InChI=1S/C12H9F2N3O3S/c1-6-5-21-11(16-6)4-15-12(18)7-2-9(14)10(17(19)20)3-8(7)13/h2-3,5H,4H2,1H3,(H,15,18). The predicted molar refractivity (Wildman–Crippen MR) is 71.0 cm³/mol. The number of rotatable bonds is 4. The second-order valence-electron chi connectivity index (χ2n) is 4.11. The molecule has 6 nitrogen and oxygen atoms in total. The fourth-order valence-corrected chi connectivity index (χ4v) is 2.30. The molecule has 0 aliphatic rings. The minimum atomic E-state index is -1.27. The summed E-state index contributed by atoms with van der Waals surface area (Å²) in [5.41, 5.74) is -0.817. The molecule has 110 valence electrons. The number of halogens is 2. The van der Waals surface area contributed by atoms with Gasteiger partial charge >= 0.3 is 5.69 Å². The Kier molecular flexibility index (Phi) is 4.22. The van der Waals surface area contributed by atoms with Gasteiger partial charge in [-0.1, -0.05) is 0 Å². The summed E-state index contributed by atoms with van der Waals surface area (Å²) in [5.74, 6) is -3.29. The maximum absolute atomic E-state index is 13.6. The normalized spacial score (nSPS) is 10.4. The summed E-state index contributed by atoms with van der Waals surface area (Å²) < 4.78 is 27.0. The lowest BCUT2D eigenvalue weighted by Crippen LogP contribution is -2.24. The quantitative estimate of drug-likeness (QED) is 0.694. The second-order valence-corrected chi connectivity index (χ2v) is 5.05. The fraction of sp³-hybridized carbons (Fsp3) is 0.167. The van der Waals surface area contributed by atoms with Gasteiger partial charge in [-0.3, -0.25) is 14.9 Å². The van der Waals surface area contributed by atoms with E-state index in [2.05, 4.69) is 10.3 Å². The van der Waals surface area contributed by atoms with E-state index >= 15 is 0 Å². The Morgan fingerprint density at radius 3 is 2.71 bits per heavy atom. The first kappa shape index (κ1) is 15.0. The van der Waals surface area contributed by atoms with Crippen molar-refractivity contribution in [3.05, 3.63) is 55.5 Å². The molecule has 1 amide bonds. The van der Waals surface area contributed by atoms with E-state index in [1.54, 1.807) is 12.3 Å². The smallest absolute Gasteiger partial charge is 0.307 e. The number of nitro groups is 1. The van der Waals surface area contributed by atoms with E-state index in [0.29, 0.717) is 17.1 Å². The van der Waals surface area contributed by atoms with Gasteiger partial charge in [-0.25, -0.2) is 9.37 Å². The molecule has 21 heavy (non-hydrogen) atoms. The summed E-state index contributed by atoms with van der Waals surface area (Å²) >= 11 is 1.32. The van der Waals surface area contributed by atoms with Crippen molar-refractivity contribution in [1.82, 2.24) is 10.3 Å². The number of hydrogen-bond acceptors (Lipinski definition) is 5. The van der Waals surface area contributed by atoms with Gasteiger partial charge < -0.3 is 5.32 Å². The Hall–Kier alpha value is -2.42. The van der Waals surface area contributed by atoms with E-state index in [-0.39, 0.29) is 6.54 Å². The van der Waals surface area contributed by atoms with Crippen molar-refractivity contribution < 1.29 is 18.5 Å². The molecule has 0 saturated carbocycles. The lowest BCUT2D eigenvalue weighted by Gasteiger charge is -2.05. The van der Waals surface area contributed by atoms with Crippen LogP contribution in [0.4, 0.5) is 14.5 Å². The summed E-state index contributed by atoms with van der Waals surface area (Å²) in [6.45, 7) is 1.85. The number of carbonyl (C=O) groups is 1. The lowest BCUT2D eigenvalue weighted by molar-refractivity contribution is -0.387. The van der Waals surface area contributed by atoms with Crippen LogP contribution >= 0.6 is 11.3 Å². The zero-order valence-electron chi connectivity index (χ0n) is 10.7. The molecule has 0 aliphatic heterocycles. The molecule has 2 rings (SSSR count). The molecule has 0 radical (unpaired) electrons. The van der Waals surface area contributed by atoms with E-state index < -0.39 is 33.7 Å². The van der Waals surface area contributed by atoms with Crippen molar-refractivity contribution in [1.29, 1.82) is 0 Å². The molecule has 0 bridgehead atoms. The second kappa shape index (κ2) is 5.92. The van der Waals surface area contributed by atoms with E-state index in [4.69, 9.17) is 0 Å². The first-order chi connectivity index (χ1) is 9.88. The van der Waals surface area contributed by atoms with E-state index in [1.807, 2.05) is 0 Å². The number of nitro benzene ring substituents is 1. The number of nitrogens with zero attached hydrogens (tertiary/aromatic N) is 2. The molecule has 1 N–H and O–H groups in total. The van der Waals surface area contributed by atoms with Crippen LogP contribution in [0.1, 0.15) is 21.1 Å². The van der Waals surface area contributed by atoms with Crippen molar-refractivity contribution in [2.24, 2.45) is 0 Å². The molecule has 0 spiro atoms. The molecule has 0 atom stereocenters. The minimum absolute atomic E-state index is 0.0649. The summed E-state index contributed by atoms with van der Waals surface area (Å²) in [5, 5.41) is 15.2. The van der Waals surface area contributed by atoms with Gasteiger partial charge in [0.05, 0.1) is 23.1 Å². The molecule has 1 aromatic carbocycles. The van der Waals surface area contributed by atoms with Crippen LogP contribution in [0.25, 0.3) is 0 Å². The van der Waals surface area contributed by atoms with Crippen molar-refractivity contribution >= 4 is 22.9 Å². The highest BCUT2D eigenvalue weighted by atomic mass is 32.1. The minimum Gasteiger partial charge on any atom is -0.345 e. The van der Waals surface area contributed by atoms with Crippen LogP contribution in [0.5, 0.6) is 0 Å². The molecule has 0 unspecified atom stereocenters. The summed E-state index contributed by atoms with van der Waals surface area (Å²) in [6.07, 6.45) is 0. The maximum Gasteiger partial charge on any atom is 0.307 e. The molecular formula is C12H9F2N3O3S. The number of thiazole rings is 1. The number of hydrogen-bond donors (Lipinski definition) is 1. The van der Waals surface area contributed by atoms with Crippen molar-refractivity contribution in [2.75, 3.05) is 0 Å². The predicted octanol–water partition coefficient (Wildman–Crippen LogP) is 2.57. The Bertz CT molecular complexity index is 718. The third kappa shape index (κ3) is 3.37. The highest BCUT2D eigenvalue weighted by Crippen LogP contribution is 2.21. The van der Waals surface area contributed by atoms with Gasteiger partial charge in [0, 0.05) is 11.1 Å². The highest BCUT2D eigenvalue weighted by Gasteiger charge is 2.22. The maximum atomic E-state index is 13.6. The molecule has 9 heteroatoms. The van der Waals surface area contributed by atoms with Gasteiger partial charge in [-0.05, 0) is 13.0 Å². The van der Waals surface area contributed by atoms with Crippen molar-refractivity contribution in [3.63, 3.8) is 0 Å². The molecular weight excluding hydrogens is 304 g/mol. The lowest BCUT2D eigenvalue weighted by atomic mass is 10.1. The molecule has 1 heterocycles. The van der Waals surface area contributed by atoms with Gasteiger partial charge in [0.25, 0.3) is 5.91 Å². The Labute approximate surface area is 121 Å². The highest BCUT2D eigenvalue weighted by molar-refractivity contribution is 7.09. The number of amides is 1. The van der Waals surface area contributed by atoms with Gasteiger partial charge in [0.2, 0.25) is 5.82 Å². The fourth-order valence-electron chi connectivity index (χ4n) is 1.59. The van der Waals surface area contributed by atoms with Gasteiger partial charge in [-0.2, -0.15) is 4.39 Å². The molecule has 0 aliphatic carbocycles. The van der Waals surface area contributed by atoms with Gasteiger partial charge in [0.15, 0.2) is 0 Å². The number of benzene rings is 1. The van der Waals surface area contributed by atoms with Gasteiger partial charge in [-0.15, -0.1) is 11.3 Å². The van der Waals surface area contributed by atoms with E-state index in [1.165, 1.54) is 11.3 Å². The zero-order valence-corrected chi connectivity index (χ0v) is 11.5. The number of aromatic nitrogens is 1. The Morgan fingerprint density at radius 1 is 1.43 bits per heavy atom. The first-order valence-electron chi connectivity index (χ1n) is 5.71. The van der Waals surface area contributed by atoms with Crippen LogP contribution in [-0.2, 0) is 6.54 Å². The van der Waals surface area contributed by atoms with Crippen LogP contribution < -0.4 is 5.32 Å². The molecule has 0 fully saturated rings. The third-order valence-electron chi connectivity index (χ3n) is 2.54. The molecule has 2 aromatic rings. The number of nitrogens with one attached hydrogen (secondary N) is 1. The zero-order chi connectivity index (χ0) is 15.6. The summed E-state index contributed by atoms with van der Waals surface area (Å²) in [6, 6.07) is 0.897. The molecule has 1 aromatic heterocycles. The van der Waals surface area contributed by atoms with Crippen LogP contribution in [-0.4, -0.2) is 15.8 Å². The monoisotopic (exact) mass is 313 g/mol. The summed E-state index contributed by atoms with van der Waals surface area (Å²) in [7, 11) is 0. The van der Waals surface area contributed by atoms with Crippen LogP contribution in [0.3, 0.4) is 0 Å². The third-order valence-corrected chi connectivity index (χ3v) is 3.51. The topological polar surface area (TPSA) is 85.1 Å². The average molecular weight is 313 g/mol. The van der Waals surface area contributed by atoms with E-state index in [9.17, 15) is 23.7 Å². The van der Waals surface area contributed by atoms with Crippen LogP contribution in [0.2, 0.25) is 0 Å². The van der Waals surface area contributed by atoms with Crippen molar-refractivity contribution in [2.45, 2.75) is 13.5 Å². The Balaban J connectivity index is 2.15. The van der Waals surface area contributed by atoms with Crippen LogP contribution in [0, 0.1) is 28.7 Å². The Morgan fingerprint density at radius 2 is 2.14 bits per heavy atom. The van der Waals surface area contributed by atoms with E-state index in [0.717, 1.165) is 5.69 Å². The number of aryl methyl sites for hydroxylation is 1. The molecule has 0 saturated heterocycles. The van der Waals surface area contributed by atoms with Crippen LogP contribution in [0.15, 0.2) is 17.5 Å². The summed E-state index contributed by atoms with van der Waals surface area (Å²) in [4.78, 5) is 25.3. The SMILES string of the molecule is Cc1csc(CNC(=O)c2cc(F)c([N+](=O)[O-])cc2F)n1. The average Bonchev–Trinajstić information content (AvgIpc) is 2.83. The number of carbonyl (C=O) groups excluding carboxylic acids is 1. The van der Waals surface area contributed by atoms with Gasteiger partial charge in [0.1, 0.15) is 10.8 Å². The largest absolute Gasteiger partial charge is 0.345 e.